The summed E-state index contributed by atoms with van der Waals surface area (Å²) in [6.07, 6.45) is 14.1. The van der Waals surface area contributed by atoms with E-state index in [0.29, 0.717) is 12.1 Å². The molecule has 4 heteroatoms. The Morgan fingerprint density at radius 3 is 2.57 bits per heavy atom. The molecule has 2 aliphatic heterocycles. The number of nitrogens with one attached hydrogen (secondary N) is 1. The van der Waals surface area contributed by atoms with E-state index in [9.17, 15) is 4.79 Å². The lowest BCUT2D eigenvalue weighted by Crippen LogP contribution is -2.53. The van der Waals surface area contributed by atoms with E-state index in [1.54, 1.807) is 0 Å². The van der Waals surface area contributed by atoms with Crippen molar-refractivity contribution in [3.05, 3.63) is 0 Å². The molecule has 4 nitrogen and oxygen atoms in total. The first-order valence-corrected chi connectivity index (χ1v) is 10.1. The van der Waals surface area contributed by atoms with Gasteiger partial charge in [0.25, 0.3) is 0 Å². The van der Waals surface area contributed by atoms with Gasteiger partial charge >= 0.3 is 6.03 Å². The number of fused-ring (bicyclic) bond motifs is 1. The van der Waals surface area contributed by atoms with Crippen molar-refractivity contribution in [3.8, 4) is 0 Å². The van der Waals surface area contributed by atoms with Gasteiger partial charge in [-0.1, -0.05) is 19.3 Å². The average Bonchev–Trinajstić information content (AvgIpc) is 3.28. The lowest BCUT2D eigenvalue weighted by Gasteiger charge is -2.38. The van der Waals surface area contributed by atoms with Crippen LogP contribution in [-0.4, -0.2) is 53.6 Å². The number of carbonyl (C=O) groups is 1. The third kappa shape index (κ3) is 3.84. The fourth-order valence-corrected chi connectivity index (χ4v) is 4.98. The molecular weight excluding hydrogens is 286 g/mol. The van der Waals surface area contributed by atoms with Gasteiger partial charge in [0.2, 0.25) is 0 Å². The fraction of sp³-hybridized carbons (Fsp3) is 0.947. The van der Waals surface area contributed by atoms with Gasteiger partial charge in [-0.2, -0.15) is 0 Å². The number of rotatable bonds is 4. The topological polar surface area (TPSA) is 35.6 Å². The van der Waals surface area contributed by atoms with Crippen molar-refractivity contribution in [1.29, 1.82) is 0 Å². The highest BCUT2D eigenvalue weighted by molar-refractivity contribution is 5.75. The summed E-state index contributed by atoms with van der Waals surface area (Å²) in [4.78, 5) is 17.8. The average molecular weight is 319 g/mol. The van der Waals surface area contributed by atoms with E-state index in [2.05, 4.69) is 15.1 Å². The molecule has 0 spiro atoms. The van der Waals surface area contributed by atoms with E-state index >= 15 is 0 Å². The molecule has 23 heavy (non-hydrogen) atoms. The molecule has 2 heterocycles. The zero-order valence-electron chi connectivity index (χ0n) is 14.5. The minimum atomic E-state index is 0.250. The predicted octanol–water partition coefficient (Wildman–Crippen LogP) is 3.37. The number of hydrogen-bond acceptors (Lipinski definition) is 2. The van der Waals surface area contributed by atoms with Gasteiger partial charge in [-0.25, -0.2) is 4.79 Å². The molecule has 2 amide bonds. The lowest BCUT2D eigenvalue weighted by molar-refractivity contribution is 0.133. The molecule has 0 aromatic heterocycles. The van der Waals surface area contributed by atoms with E-state index in [1.807, 2.05) is 0 Å². The predicted molar refractivity (Wildman–Crippen MR) is 92.5 cm³/mol. The number of piperidine rings is 1. The maximum Gasteiger partial charge on any atom is 0.317 e. The highest BCUT2D eigenvalue weighted by atomic mass is 16.2. The first kappa shape index (κ1) is 15.7. The molecule has 2 saturated heterocycles. The molecule has 0 bridgehead atoms. The van der Waals surface area contributed by atoms with Crippen LogP contribution in [0.15, 0.2) is 0 Å². The van der Waals surface area contributed by atoms with Crippen molar-refractivity contribution in [2.45, 2.75) is 88.8 Å². The second-order valence-corrected chi connectivity index (χ2v) is 8.39. The van der Waals surface area contributed by atoms with Crippen LogP contribution in [0, 0.1) is 5.92 Å². The van der Waals surface area contributed by atoms with Crippen LogP contribution in [0.1, 0.15) is 70.6 Å². The van der Waals surface area contributed by atoms with E-state index in [0.717, 1.165) is 24.9 Å². The largest absolute Gasteiger partial charge is 0.335 e. The molecule has 130 valence electrons. The monoisotopic (exact) mass is 319 g/mol. The Labute approximate surface area is 141 Å². The molecule has 0 aromatic rings. The highest BCUT2D eigenvalue weighted by Gasteiger charge is 2.35. The van der Waals surface area contributed by atoms with E-state index in [-0.39, 0.29) is 6.03 Å². The molecule has 0 unspecified atom stereocenters. The molecule has 4 fully saturated rings. The summed E-state index contributed by atoms with van der Waals surface area (Å²) in [7, 11) is 0. The molecule has 0 aromatic carbocycles. The Balaban J connectivity index is 1.34. The SMILES string of the molecule is O=C(N[C@H]1CCN2CCC[C@H]2C1)N(CC1CC1)C1CCCCC1. The smallest absolute Gasteiger partial charge is 0.317 e. The van der Waals surface area contributed by atoms with Gasteiger partial charge in [-0.15, -0.1) is 0 Å². The number of carbonyl (C=O) groups excluding carboxylic acids is 1. The molecule has 4 aliphatic rings. The lowest BCUT2D eigenvalue weighted by atomic mass is 9.94. The Bertz CT molecular complexity index is 417. The minimum absolute atomic E-state index is 0.250. The minimum Gasteiger partial charge on any atom is -0.335 e. The van der Waals surface area contributed by atoms with Crippen LogP contribution in [0.3, 0.4) is 0 Å². The molecule has 4 rings (SSSR count). The number of amides is 2. The maximum absolute atomic E-state index is 13.0. The molecule has 2 atom stereocenters. The Morgan fingerprint density at radius 1 is 0.957 bits per heavy atom. The summed E-state index contributed by atoms with van der Waals surface area (Å²) in [6.45, 7) is 3.47. The van der Waals surface area contributed by atoms with Gasteiger partial charge in [-0.05, 0) is 63.8 Å². The number of nitrogens with zero attached hydrogens (tertiary/aromatic N) is 2. The molecule has 0 radical (unpaired) electrons. The Morgan fingerprint density at radius 2 is 1.78 bits per heavy atom. The van der Waals surface area contributed by atoms with E-state index in [4.69, 9.17) is 0 Å². The fourth-order valence-electron chi connectivity index (χ4n) is 4.98. The Hall–Kier alpha value is -0.770. The Kier molecular flexibility index (Phi) is 4.79. The number of urea groups is 1. The summed E-state index contributed by atoms with van der Waals surface area (Å²) >= 11 is 0. The molecule has 2 aliphatic carbocycles. The standard InChI is InChI=1S/C19H33N3O/c23-19(20-16-10-12-21-11-4-7-18(21)13-16)22(14-15-8-9-15)17-5-2-1-3-6-17/h15-18H,1-14H2,(H,20,23)/t16-,18-/m0/s1. The van der Waals surface area contributed by atoms with Crippen LogP contribution in [0.2, 0.25) is 0 Å². The van der Waals surface area contributed by atoms with Gasteiger partial charge in [0, 0.05) is 31.2 Å². The van der Waals surface area contributed by atoms with E-state index < -0.39 is 0 Å². The van der Waals surface area contributed by atoms with Gasteiger partial charge < -0.3 is 15.1 Å². The second kappa shape index (κ2) is 7.00. The van der Waals surface area contributed by atoms with Gasteiger partial charge in [0.1, 0.15) is 0 Å². The molecular formula is C19H33N3O. The zero-order chi connectivity index (χ0) is 15.6. The van der Waals surface area contributed by atoms with Crippen LogP contribution in [0.25, 0.3) is 0 Å². The van der Waals surface area contributed by atoms with Crippen LogP contribution in [0.5, 0.6) is 0 Å². The second-order valence-electron chi connectivity index (χ2n) is 8.39. The first-order valence-electron chi connectivity index (χ1n) is 10.1. The van der Waals surface area contributed by atoms with Gasteiger partial charge in [-0.3, -0.25) is 0 Å². The summed E-state index contributed by atoms with van der Waals surface area (Å²) in [5, 5.41) is 3.42. The highest BCUT2D eigenvalue weighted by Crippen LogP contribution is 2.33. The zero-order valence-corrected chi connectivity index (χ0v) is 14.5. The van der Waals surface area contributed by atoms with Crippen molar-refractivity contribution >= 4 is 6.03 Å². The third-order valence-electron chi connectivity index (χ3n) is 6.58. The van der Waals surface area contributed by atoms with Crippen LogP contribution < -0.4 is 5.32 Å². The maximum atomic E-state index is 13.0. The normalized spacial score (nSPS) is 32.5. The third-order valence-corrected chi connectivity index (χ3v) is 6.58. The summed E-state index contributed by atoms with van der Waals surface area (Å²) in [5.41, 5.74) is 0. The summed E-state index contributed by atoms with van der Waals surface area (Å²) < 4.78 is 0. The van der Waals surface area contributed by atoms with Crippen molar-refractivity contribution in [1.82, 2.24) is 15.1 Å². The summed E-state index contributed by atoms with van der Waals surface area (Å²) in [6, 6.07) is 1.91. The molecule has 2 saturated carbocycles. The van der Waals surface area contributed by atoms with Crippen molar-refractivity contribution < 1.29 is 4.79 Å². The molecule has 1 N–H and O–H groups in total. The van der Waals surface area contributed by atoms with Gasteiger partial charge in [0.15, 0.2) is 0 Å². The number of hydrogen-bond donors (Lipinski definition) is 1. The summed E-state index contributed by atoms with van der Waals surface area (Å²) in [5.74, 6) is 0.791. The van der Waals surface area contributed by atoms with Crippen molar-refractivity contribution in [2.75, 3.05) is 19.6 Å². The van der Waals surface area contributed by atoms with Crippen molar-refractivity contribution in [2.24, 2.45) is 5.92 Å². The van der Waals surface area contributed by atoms with Crippen LogP contribution in [0.4, 0.5) is 4.79 Å². The first-order chi connectivity index (χ1) is 11.3. The van der Waals surface area contributed by atoms with Gasteiger partial charge in [0.05, 0.1) is 0 Å². The quantitative estimate of drug-likeness (QED) is 0.862. The van der Waals surface area contributed by atoms with Crippen LogP contribution >= 0.6 is 0 Å². The van der Waals surface area contributed by atoms with Crippen molar-refractivity contribution in [3.63, 3.8) is 0 Å². The van der Waals surface area contributed by atoms with Crippen LogP contribution in [-0.2, 0) is 0 Å². The van der Waals surface area contributed by atoms with E-state index in [1.165, 1.54) is 77.3 Å².